The van der Waals surface area contributed by atoms with Crippen molar-refractivity contribution in [2.24, 2.45) is 0 Å². The molecule has 0 radical (unpaired) electrons. The number of rotatable bonds is 3. The number of para-hydroxylation sites is 1. The third-order valence-electron chi connectivity index (χ3n) is 3.66. The lowest BCUT2D eigenvalue weighted by Gasteiger charge is -2.17. The first-order valence-corrected chi connectivity index (χ1v) is 6.87. The molecule has 0 aromatic heterocycles. The summed E-state index contributed by atoms with van der Waals surface area (Å²) in [6.45, 7) is 0.419. The topological polar surface area (TPSA) is 29.5 Å². The molecule has 0 fully saturated rings. The molecule has 0 amide bonds. The number of halogens is 2. The van der Waals surface area contributed by atoms with E-state index < -0.39 is 11.9 Å². The van der Waals surface area contributed by atoms with Gasteiger partial charge < -0.3 is 9.84 Å². The van der Waals surface area contributed by atoms with Gasteiger partial charge in [0.1, 0.15) is 11.6 Å². The average Bonchev–Trinajstić information content (AvgIpc) is 2.88. The Bertz CT molecular complexity index is 630. The van der Waals surface area contributed by atoms with Crippen LogP contribution >= 0.6 is 11.6 Å². The normalized spacial score (nSPS) is 18.4. The molecule has 0 spiro atoms. The summed E-state index contributed by atoms with van der Waals surface area (Å²) >= 11 is 5.76. The highest BCUT2D eigenvalue weighted by Gasteiger charge is 2.30. The zero-order valence-electron chi connectivity index (χ0n) is 10.7. The Hall–Kier alpha value is -1.58. The van der Waals surface area contributed by atoms with Crippen molar-refractivity contribution in [3.63, 3.8) is 0 Å². The van der Waals surface area contributed by atoms with E-state index in [0.29, 0.717) is 12.2 Å². The first-order chi connectivity index (χ1) is 9.66. The summed E-state index contributed by atoms with van der Waals surface area (Å²) in [7, 11) is 0. The molecule has 1 heterocycles. The van der Waals surface area contributed by atoms with E-state index in [1.54, 1.807) is 12.1 Å². The Kier molecular flexibility index (Phi) is 3.64. The summed E-state index contributed by atoms with van der Waals surface area (Å²) in [5.74, 6) is 0.202. The molecular formula is C16H14ClFO2. The molecule has 2 aromatic rings. The summed E-state index contributed by atoms with van der Waals surface area (Å²) in [5.41, 5.74) is 1.40. The van der Waals surface area contributed by atoms with Crippen LogP contribution in [0.15, 0.2) is 42.5 Å². The lowest BCUT2D eigenvalue weighted by atomic mass is 9.91. The van der Waals surface area contributed by atoms with Crippen LogP contribution in [0.3, 0.4) is 0 Å². The quantitative estimate of drug-likeness (QED) is 0.937. The third kappa shape index (κ3) is 2.39. The van der Waals surface area contributed by atoms with Crippen molar-refractivity contribution in [3.8, 4) is 5.75 Å². The van der Waals surface area contributed by atoms with Crippen molar-refractivity contribution in [2.45, 2.75) is 18.4 Å². The van der Waals surface area contributed by atoms with Crippen LogP contribution in [0.25, 0.3) is 0 Å². The van der Waals surface area contributed by atoms with Crippen molar-refractivity contribution in [2.75, 3.05) is 6.61 Å². The molecule has 0 saturated carbocycles. The van der Waals surface area contributed by atoms with Crippen molar-refractivity contribution >= 4 is 11.6 Å². The van der Waals surface area contributed by atoms with Crippen molar-refractivity contribution < 1.29 is 14.2 Å². The van der Waals surface area contributed by atoms with Crippen LogP contribution in [0, 0.1) is 5.82 Å². The Balaban J connectivity index is 1.81. The molecule has 2 nitrogen and oxygen atoms in total. The van der Waals surface area contributed by atoms with Gasteiger partial charge in [-0.2, -0.15) is 0 Å². The summed E-state index contributed by atoms with van der Waals surface area (Å²) in [5, 5.41) is 10.5. The van der Waals surface area contributed by atoms with E-state index in [-0.39, 0.29) is 17.4 Å². The average molecular weight is 293 g/mol. The van der Waals surface area contributed by atoms with Crippen LogP contribution < -0.4 is 4.74 Å². The first-order valence-electron chi connectivity index (χ1n) is 6.49. The molecule has 1 aliphatic heterocycles. The minimum Gasteiger partial charge on any atom is -0.493 e. The molecule has 2 unspecified atom stereocenters. The van der Waals surface area contributed by atoms with Crippen LogP contribution in [0.4, 0.5) is 4.39 Å². The van der Waals surface area contributed by atoms with Crippen LogP contribution in [-0.2, 0) is 6.42 Å². The first kappa shape index (κ1) is 13.4. The number of hydrogen-bond acceptors (Lipinski definition) is 2. The van der Waals surface area contributed by atoms with E-state index in [2.05, 4.69) is 0 Å². The lowest BCUT2D eigenvalue weighted by Crippen LogP contribution is -2.22. The minimum absolute atomic E-state index is 0.0813. The highest BCUT2D eigenvalue weighted by Crippen LogP contribution is 2.36. The van der Waals surface area contributed by atoms with E-state index >= 15 is 0 Å². The van der Waals surface area contributed by atoms with Crippen LogP contribution in [0.2, 0.25) is 5.02 Å². The van der Waals surface area contributed by atoms with Crippen molar-refractivity contribution in [3.05, 3.63) is 64.4 Å². The molecule has 3 rings (SSSR count). The van der Waals surface area contributed by atoms with Crippen LogP contribution in [0.1, 0.15) is 17.0 Å². The number of hydrogen-bond donors (Lipinski definition) is 1. The number of aliphatic hydroxyl groups is 1. The van der Waals surface area contributed by atoms with Crippen molar-refractivity contribution in [1.82, 2.24) is 0 Å². The smallest absolute Gasteiger partial charge is 0.145 e. The van der Waals surface area contributed by atoms with Gasteiger partial charge in [-0.3, -0.25) is 0 Å². The van der Waals surface area contributed by atoms with E-state index in [0.717, 1.165) is 11.3 Å². The van der Waals surface area contributed by atoms with Crippen LogP contribution in [-0.4, -0.2) is 17.8 Å². The monoisotopic (exact) mass is 292 g/mol. The largest absolute Gasteiger partial charge is 0.493 e. The maximum atomic E-state index is 13.9. The number of benzene rings is 2. The molecule has 1 aliphatic rings. The van der Waals surface area contributed by atoms with E-state index in [9.17, 15) is 9.50 Å². The number of ether oxygens (including phenoxy) is 1. The number of fused-ring (bicyclic) bond motifs is 1. The standard InChI is InChI=1S/C16H14ClFO2/c17-13-6-3-4-10(16(13)18)8-14(19)12-9-20-15-7-2-1-5-11(12)15/h1-7,12,14,19H,8-9H2. The fourth-order valence-corrected chi connectivity index (χ4v) is 2.77. The Morgan fingerprint density at radius 2 is 2.05 bits per heavy atom. The molecule has 1 N–H and O–H groups in total. The van der Waals surface area contributed by atoms with E-state index in [1.807, 2.05) is 24.3 Å². The maximum absolute atomic E-state index is 13.9. The Labute approximate surface area is 121 Å². The van der Waals surface area contributed by atoms with Gasteiger partial charge in [-0.25, -0.2) is 4.39 Å². The van der Waals surface area contributed by atoms with Gasteiger partial charge in [0.25, 0.3) is 0 Å². The second kappa shape index (κ2) is 5.43. The second-order valence-electron chi connectivity index (χ2n) is 4.94. The highest BCUT2D eigenvalue weighted by molar-refractivity contribution is 6.30. The molecule has 2 atom stereocenters. The van der Waals surface area contributed by atoms with E-state index in [4.69, 9.17) is 16.3 Å². The second-order valence-corrected chi connectivity index (χ2v) is 5.35. The summed E-state index contributed by atoms with van der Waals surface area (Å²) in [6, 6.07) is 12.4. The van der Waals surface area contributed by atoms with Gasteiger partial charge in [0.05, 0.1) is 17.7 Å². The molecule has 2 aromatic carbocycles. The van der Waals surface area contributed by atoms with Gasteiger partial charge in [0.15, 0.2) is 0 Å². The fraction of sp³-hybridized carbons (Fsp3) is 0.250. The van der Waals surface area contributed by atoms with Gasteiger partial charge >= 0.3 is 0 Å². The molecule has 0 bridgehead atoms. The molecule has 4 heteroatoms. The third-order valence-corrected chi connectivity index (χ3v) is 3.95. The molecule has 104 valence electrons. The van der Waals surface area contributed by atoms with Crippen LogP contribution in [0.5, 0.6) is 5.75 Å². The van der Waals surface area contributed by atoms with E-state index in [1.165, 1.54) is 6.07 Å². The Morgan fingerprint density at radius 3 is 2.90 bits per heavy atom. The SMILES string of the molecule is OC(Cc1cccc(Cl)c1F)C1COc2ccccc21. The fourth-order valence-electron chi connectivity index (χ4n) is 2.58. The minimum atomic E-state index is -0.702. The highest BCUT2D eigenvalue weighted by atomic mass is 35.5. The maximum Gasteiger partial charge on any atom is 0.145 e. The van der Waals surface area contributed by atoms with Gasteiger partial charge in [-0.1, -0.05) is 41.9 Å². The predicted molar refractivity (Wildman–Crippen MR) is 75.8 cm³/mol. The lowest BCUT2D eigenvalue weighted by molar-refractivity contribution is 0.128. The van der Waals surface area contributed by atoms with Gasteiger partial charge in [0.2, 0.25) is 0 Å². The zero-order valence-corrected chi connectivity index (χ0v) is 11.5. The summed E-state index contributed by atoms with van der Waals surface area (Å²) < 4.78 is 19.4. The van der Waals surface area contributed by atoms with Crippen molar-refractivity contribution in [1.29, 1.82) is 0 Å². The zero-order chi connectivity index (χ0) is 14.1. The predicted octanol–water partition coefficient (Wildman–Crippen LogP) is 3.56. The summed E-state index contributed by atoms with van der Waals surface area (Å²) in [4.78, 5) is 0. The van der Waals surface area contributed by atoms with Gasteiger partial charge in [-0.15, -0.1) is 0 Å². The van der Waals surface area contributed by atoms with Gasteiger partial charge in [0, 0.05) is 17.9 Å². The summed E-state index contributed by atoms with van der Waals surface area (Å²) in [6.07, 6.45) is -0.485. The molecule has 0 aliphatic carbocycles. The Morgan fingerprint density at radius 1 is 1.25 bits per heavy atom. The van der Waals surface area contributed by atoms with Gasteiger partial charge in [-0.05, 0) is 17.7 Å². The molecule has 0 saturated heterocycles. The molecule has 20 heavy (non-hydrogen) atoms. The number of aliphatic hydroxyl groups excluding tert-OH is 1. The molecular weight excluding hydrogens is 279 g/mol.